The van der Waals surface area contributed by atoms with Gasteiger partial charge in [-0.05, 0) is 24.3 Å². The number of hydrazone groups is 1. The van der Waals surface area contributed by atoms with Crippen molar-refractivity contribution in [1.29, 1.82) is 0 Å². The minimum absolute atomic E-state index is 0.101. The van der Waals surface area contributed by atoms with Crippen molar-refractivity contribution in [1.82, 2.24) is 4.98 Å². The zero-order chi connectivity index (χ0) is 16.2. The standard InChI is InChI=1S/C15H12N4O3S/c1-22-13-7-6-10(8-12(13)19(20)21)9-16-18-15-17-11-4-2-3-5-14(11)23-15/h2-9H,1H3,(H,17,18)/b16-9+. The highest BCUT2D eigenvalue weighted by atomic mass is 32.1. The molecule has 0 amide bonds. The quantitative estimate of drug-likeness (QED) is 0.438. The van der Waals surface area contributed by atoms with Crippen LogP contribution in [0.15, 0.2) is 47.6 Å². The molecule has 116 valence electrons. The summed E-state index contributed by atoms with van der Waals surface area (Å²) in [5.41, 5.74) is 4.22. The number of anilines is 1. The van der Waals surface area contributed by atoms with Crippen LogP contribution in [0.3, 0.4) is 0 Å². The predicted octanol–water partition coefficient (Wildman–Crippen LogP) is 3.66. The van der Waals surface area contributed by atoms with Gasteiger partial charge in [0.1, 0.15) is 0 Å². The summed E-state index contributed by atoms with van der Waals surface area (Å²) in [6, 6.07) is 12.4. The third kappa shape index (κ3) is 3.27. The van der Waals surface area contributed by atoms with Gasteiger partial charge in [0.25, 0.3) is 0 Å². The van der Waals surface area contributed by atoms with Crippen LogP contribution in [0, 0.1) is 10.1 Å². The normalized spacial score (nSPS) is 11.0. The molecule has 2 aromatic carbocycles. The second-order valence-electron chi connectivity index (χ2n) is 4.55. The molecule has 3 aromatic rings. The van der Waals surface area contributed by atoms with Crippen LogP contribution in [0.2, 0.25) is 0 Å². The van der Waals surface area contributed by atoms with Gasteiger partial charge in [-0.1, -0.05) is 23.5 Å². The summed E-state index contributed by atoms with van der Waals surface area (Å²) in [6.45, 7) is 0. The van der Waals surface area contributed by atoms with Gasteiger partial charge < -0.3 is 4.74 Å². The smallest absolute Gasteiger partial charge is 0.311 e. The van der Waals surface area contributed by atoms with Gasteiger partial charge in [0, 0.05) is 11.6 Å². The first kappa shape index (κ1) is 14.9. The maximum atomic E-state index is 11.0. The van der Waals surface area contributed by atoms with Crippen LogP contribution in [0.1, 0.15) is 5.56 Å². The molecule has 0 aliphatic rings. The largest absolute Gasteiger partial charge is 0.490 e. The lowest BCUT2D eigenvalue weighted by Gasteiger charge is -2.01. The maximum absolute atomic E-state index is 11.0. The van der Waals surface area contributed by atoms with E-state index in [1.54, 1.807) is 6.07 Å². The van der Waals surface area contributed by atoms with Crippen molar-refractivity contribution in [2.45, 2.75) is 0 Å². The van der Waals surface area contributed by atoms with E-state index in [4.69, 9.17) is 4.74 Å². The average Bonchev–Trinajstić information content (AvgIpc) is 2.97. The molecule has 0 bridgehead atoms. The molecule has 8 heteroatoms. The number of ether oxygens (including phenoxy) is 1. The average molecular weight is 328 g/mol. The zero-order valence-corrected chi connectivity index (χ0v) is 12.9. The lowest BCUT2D eigenvalue weighted by atomic mass is 10.2. The van der Waals surface area contributed by atoms with E-state index in [1.807, 2.05) is 24.3 Å². The van der Waals surface area contributed by atoms with Gasteiger partial charge in [0.05, 0.1) is 28.5 Å². The molecule has 0 aliphatic heterocycles. The topological polar surface area (TPSA) is 89.7 Å². The lowest BCUT2D eigenvalue weighted by Crippen LogP contribution is -1.96. The highest BCUT2D eigenvalue weighted by Crippen LogP contribution is 2.27. The van der Waals surface area contributed by atoms with Gasteiger partial charge >= 0.3 is 5.69 Å². The summed E-state index contributed by atoms with van der Waals surface area (Å²) in [5.74, 6) is 0.214. The highest BCUT2D eigenvalue weighted by Gasteiger charge is 2.14. The second kappa shape index (κ2) is 6.41. The zero-order valence-electron chi connectivity index (χ0n) is 12.1. The molecule has 0 atom stereocenters. The van der Waals surface area contributed by atoms with Gasteiger partial charge in [-0.3, -0.25) is 15.5 Å². The Morgan fingerprint density at radius 2 is 2.17 bits per heavy atom. The number of nitro benzene ring substituents is 1. The molecule has 0 fully saturated rings. The number of para-hydroxylation sites is 1. The Balaban J connectivity index is 1.77. The van der Waals surface area contributed by atoms with E-state index in [2.05, 4.69) is 15.5 Å². The Kier molecular flexibility index (Phi) is 4.15. The molecule has 0 saturated heterocycles. The number of fused-ring (bicyclic) bond motifs is 1. The van der Waals surface area contributed by atoms with Crippen molar-refractivity contribution >= 4 is 38.6 Å². The molecule has 7 nitrogen and oxygen atoms in total. The molecular weight excluding hydrogens is 316 g/mol. The summed E-state index contributed by atoms with van der Waals surface area (Å²) in [7, 11) is 1.39. The van der Waals surface area contributed by atoms with Crippen LogP contribution in [0.25, 0.3) is 10.2 Å². The molecule has 0 aliphatic carbocycles. The maximum Gasteiger partial charge on any atom is 0.311 e. The molecule has 0 radical (unpaired) electrons. The van der Waals surface area contributed by atoms with E-state index in [9.17, 15) is 10.1 Å². The Hall–Kier alpha value is -3.00. The number of benzene rings is 2. The summed E-state index contributed by atoms with van der Waals surface area (Å²) >= 11 is 1.48. The number of nitrogens with one attached hydrogen (secondary N) is 1. The molecule has 1 aromatic heterocycles. The van der Waals surface area contributed by atoms with Crippen LogP contribution in [0.5, 0.6) is 5.75 Å². The number of rotatable bonds is 5. The van der Waals surface area contributed by atoms with Gasteiger partial charge in [0.2, 0.25) is 5.13 Å². The monoisotopic (exact) mass is 328 g/mol. The van der Waals surface area contributed by atoms with Gasteiger partial charge in [-0.2, -0.15) is 5.10 Å². The van der Waals surface area contributed by atoms with E-state index in [-0.39, 0.29) is 11.4 Å². The summed E-state index contributed by atoms with van der Waals surface area (Å²) in [6.07, 6.45) is 1.50. The summed E-state index contributed by atoms with van der Waals surface area (Å²) in [5, 5.41) is 15.7. The Bertz CT molecular complexity index is 858. The molecule has 1 N–H and O–H groups in total. The number of aromatic nitrogens is 1. The van der Waals surface area contributed by atoms with Crippen LogP contribution in [0.4, 0.5) is 10.8 Å². The van der Waals surface area contributed by atoms with E-state index in [0.29, 0.717) is 10.7 Å². The third-order valence-corrected chi connectivity index (χ3v) is 4.01. The first-order chi connectivity index (χ1) is 11.2. The SMILES string of the molecule is COc1ccc(/C=N/Nc2nc3ccccc3s2)cc1[N+](=O)[O-]. The molecule has 1 heterocycles. The minimum Gasteiger partial charge on any atom is -0.490 e. The number of hydrogen-bond acceptors (Lipinski definition) is 7. The van der Waals surface area contributed by atoms with E-state index in [0.717, 1.165) is 10.2 Å². The van der Waals surface area contributed by atoms with Gasteiger partial charge in [0.15, 0.2) is 5.75 Å². The molecule has 0 saturated carbocycles. The molecule has 0 unspecified atom stereocenters. The molecule has 23 heavy (non-hydrogen) atoms. The van der Waals surface area contributed by atoms with Crippen LogP contribution in [-0.2, 0) is 0 Å². The van der Waals surface area contributed by atoms with E-state index in [1.165, 1.54) is 36.8 Å². The third-order valence-electron chi connectivity index (χ3n) is 3.07. The summed E-state index contributed by atoms with van der Waals surface area (Å²) in [4.78, 5) is 14.9. The van der Waals surface area contributed by atoms with Gasteiger partial charge in [-0.25, -0.2) is 4.98 Å². The van der Waals surface area contributed by atoms with Crippen LogP contribution < -0.4 is 10.2 Å². The minimum atomic E-state index is -0.489. The van der Waals surface area contributed by atoms with Crippen molar-refractivity contribution in [2.75, 3.05) is 12.5 Å². The van der Waals surface area contributed by atoms with Crippen molar-refractivity contribution < 1.29 is 9.66 Å². The fraction of sp³-hybridized carbons (Fsp3) is 0.0667. The van der Waals surface area contributed by atoms with Crippen molar-refractivity contribution in [3.05, 3.63) is 58.1 Å². The first-order valence-electron chi connectivity index (χ1n) is 6.64. The number of hydrogen-bond donors (Lipinski definition) is 1. The molecule has 3 rings (SSSR count). The fourth-order valence-electron chi connectivity index (χ4n) is 2.01. The summed E-state index contributed by atoms with van der Waals surface area (Å²) < 4.78 is 6.02. The van der Waals surface area contributed by atoms with E-state index < -0.39 is 4.92 Å². The van der Waals surface area contributed by atoms with Crippen LogP contribution in [-0.4, -0.2) is 23.2 Å². The number of methoxy groups -OCH3 is 1. The lowest BCUT2D eigenvalue weighted by molar-refractivity contribution is -0.385. The molecular formula is C15H12N4O3S. The fourth-order valence-corrected chi connectivity index (χ4v) is 2.83. The van der Waals surface area contributed by atoms with Crippen LogP contribution >= 0.6 is 11.3 Å². The van der Waals surface area contributed by atoms with Crippen molar-refractivity contribution in [3.63, 3.8) is 0 Å². The van der Waals surface area contributed by atoms with E-state index >= 15 is 0 Å². The van der Waals surface area contributed by atoms with Gasteiger partial charge in [-0.15, -0.1) is 0 Å². The van der Waals surface area contributed by atoms with Crippen molar-refractivity contribution in [2.24, 2.45) is 5.10 Å². The molecule has 0 spiro atoms. The first-order valence-corrected chi connectivity index (χ1v) is 7.46. The Labute approximate surface area is 135 Å². The predicted molar refractivity (Wildman–Crippen MR) is 90.5 cm³/mol. The number of nitrogens with zero attached hydrogens (tertiary/aromatic N) is 3. The Morgan fingerprint density at radius 3 is 2.91 bits per heavy atom. The van der Waals surface area contributed by atoms with Crippen molar-refractivity contribution in [3.8, 4) is 5.75 Å². The Morgan fingerprint density at radius 1 is 1.35 bits per heavy atom. The number of thiazole rings is 1. The number of nitro groups is 1. The second-order valence-corrected chi connectivity index (χ2v) is 5.58. The highest BCUT2D eigenvalue weighted by molar-refractivity contribution is 7.22.